The molecule has 0 spiro atoms. The molecule has 0 saturated carbocycles. The molecule has 2 heterocycles. The van der Waals surface area contributed by atoms with E-state index in [0.717, 1.165) is 10.2 Å². The van der Waals surface area contributed by atoms with Crippen LogP contribution in [0.4, 0.5) is 11.6 Å². The van der Waals surface area contributed by atoms with Crippen molar-refractivity contribution in [2.75, 3.05) is 32.6 Å². The molecule has 8 nitrogen and oxygen atoms in total. The average Bonchev–Trinajstić information content (AvgIpc) is 3.13. The first kappa shape index (κ1) is 24.3. The molecule has 176 valence electrons. The molecule has 0 saturated heterocycles. The number of likely N-dealkylation sites (N-methyl/N-ethyl adjacent to an activating group) is 1. The lowest BCUT2D eigenvalue weighted by molar-refractivity contribution is 0.0996. The highest BCUT2D eigenvalue weighted by molar-refractivity contribution is 9.10. The van der Waals surface area contributed by atoms with E-state index in [1.54, 1.807) is 12.1 Å². The Bertz CT molecular complexity index is 1340. The zero-order valence-corrected chi connectivity index (χ0v) is 21.4. The number of nitrogens with zero attached hydrogens (tertiary/aromatic N) is 4. The molecule has 0 aliphatic carbocycles. The molecule has 0 fully saturated rings. The Hall–Kier alpha value is -2.85. The number of carbonyl (C=O) groups excluding carboxylic acids is 1. The lowest BCUT2D eigenvalue weighted by Crippen LogP contribution is -2.21. The molecule has 2 aromatic heterocycles. The minimum absolute atomic E-state index is 0.248. The van der Waals surface area contributed by atoms with Gasteiger partial charge in [0.25, 0.3) is 5.91 Å². The largest absolute Gasteiger partial charge is 0.491 e. The first-order valence-corrected chi connectivity index (χ1v) is 11.7. The van der Waals surface area contributed by atoms with Gasteiger partial charge in [-0.2, -0.15) is 0 Å². The molecule has 11 heteroatoms. The van der Waals surface area contributed by atoms with Gasteiger partial charge >= 0.3 is 0 Å². The van der Waals surface area contributed by atoms with Crippen LogP contribution in [0.1, 0.15) is 10.4 Å². The molecule has 0 unspecified atom stereocenters. The van der Waals surface area contributed by atoms with E-state index in [4.69, 9.17) is 38.7 Å². The van der Waals surface area contributed by atoms with Gasteiger partial charge in [-0.3, -0.25) is 14.3 Å². The molecule has 4 rings (SSSR count). The third-order valence-corrected chi connectivity index (χ3v) is 6.09. The van der Waals surface area contributed by atoms with E-state index < -0.39 is 5.91 Å². The van der Waals surface area contributed by atoms with Crippen molar-refractivity contribution >= 4 is 67.7 Å². The number of benzene rings is 2. The maximum atomic E-state index is 12.2. The summed E-state index contributed by atoms with van der Waals surface area (Å²) < 4.78 is 8.75. The van der Waals surface area contributed by atoms with E-state index >= 15 is 0 Å². The lowest BCUT2D eigenvalue weighted by atomic mass is 10.1. The number of ether oxygens (including phenoxy) is 1. The summed E-state index contributed by atoms with van der Waals surface area (Å²) in [6, 6.07) is 11.1. The highest BCUT2D eigenvalue weighted by Crippen LogP contribution is 2.36. The molecule has 0 bridgehead atoms. The second-order valence-corrected chi connectivity index (χ2v) is 9.43. The van der Waals surface area contributed by atoms with Gasteiger partial charge in [0.15, 0.2) is 0 Å². The van der Waals surface area contributed by atoms with E-state index in [-0.39, 0.29) is 5.56 Å². The number of aromatic nitrogens is 3. The van der Waals surface area contributed by atoms with Crippen LogP contribution in [0.15, 0.2) is 53.3 Å². The van der Waals surface area contributed by atoms with Crippen LogP contribution in [0, 0.1) is 0 Å². The standard InChI is InChI=1S/C23H21BrCl2N6O2/c1-31(2)7-8-34-20-10-19-18(9-15(20)22(27)33)29-23(30-21-16(25)11-28-12-17(21)26)32(19)14-5-3-13(24)4-6-14/h3-6,9-12H,7-8H2,1-2H3,(H2,27,33)(H,28,29,30). The topological polar surface area (TPSA) is 98.3 Å². The summed E-state index contributed by atoms with van der Waals surface area (Å²) in [5.74, 6) is 0.217. The first-order valence-electron chi connectivity index (χ1n) is 10.2. The van der Waals surface area contributed by atoms with Crippen molar-refractivity contribution in [3.63, 3.8) is 0 Å². The fraction of sp³-hybridized carbons (Fsp3) is 0.174. The number of primary amides is 1. The zero-order valence-electron chi connectivity index (χ0n) is 18.3. The molecule has 34 heavy (non-hydrogen) atoms. The Morgan fingerprint density at radius 2 is 1.85 bits per heavy atom. The third kappa shape index (κ3) is 5.12. The van der Waals surface area contributed by atoms with Crippen LogP contribution in [-0.4, -0.2) is 52.6 Å². The Kier molecular flexibility index (Phi) is 7.27. The van der Waals surface area contributed by atoms with Crippen molar-refractivity contribution in [3.05, 3.63) is 68.9 Å². The van der Waals surface area contributed by atoms with Crippen molar-refractivity contribution in [2.24, 2.45) is 5.73 Å². The fourth-order valence-corrected chi connectivity index (χ4v) is 4.06. The molecule has 2 aromatic carbocycles. The second-order valence-electron chi connectivity index (χ2n) is 7.70. The summed E-state index contributed by atoms with van der Waals surface area (Å²) in [5, 5.41) is 3.89. The number of carbonyl (C=O) groups is 1. The van der Waals surface area contributed by atoms with Gasteiger partial charge in [-0.25, -0.2) is 4.98 Å². The maximum absolute atomic E-state index is 12.2. The number of nitrogens with one attached hydrogen (secondary N) is 1. The van der Waals surface area contributed by atoms with Gasteiger partial charge in [-0.1, -0.05) is 39.1 Å². The van der Waals surface area contributed by atoms with E-state index in [2.05, 4.69) is 26.2 Å². The van der Waals surface area contributed by atoms with Gasteiger partial charge in [-0.05, 0) is 44.4 Å². The van der Waals surface area contributed by atoms with Crippen LogP contribution < -0.4 is 15.8 Å². The second kappa shape index (κ2) is 10.2. The lowest BCUT2D eigenvalue weighted by Gasteiger charge is -2.15. The van der Waals surface area contributed by atoms with Crippen LogP contribution in [0.5, 0.6) is 5.75 Å². The summed E-state index contributed by atoms with van der Waals surface area (Å²) in [7, 11) is 3.88. The molecule has 1 amide bonds. The van der Waals surface area contributed by atoms with Crippen LogP contribution >= 0.6 is 39.1 Å². The molecule has 0 aliphatic rings. The Balaban J connectivity index is 1.91. The number of pyridine rings is 1. The number of fused-ring (bicyclic) bond motifs is 1. The van der Waals surface area contributed by atoms with Crippen LogP contribution in [0.25, 0.3) is 16.7 Å². The number of anilines is 2. The van der Waals surface area contributed by atoms with E-state index in [1.165, 1.54) is 12.4 Å². The number of nitrogens with two attached hydrogens (primary N) is 1. The smallest absolute Gasteiger partial charge is 0.252 e. The number of imidazole rings is 1. The summed E-state index contributed by atoms with van der Waals surface area (Å²) in [6.45, 7) is 1.06. The highest BCUT2D eigenvalue weighted by Gasteiger charge is 2.20. The Morgan fingerprint density at radius 1 is 1.18 bits per heavy atom. The molecular formula is C23H21BrCl2N6O2. The summed E-state index contributed by atoms with van der Waals surface area (Å²) in [5.41, 5.74) is 8.42. The predicted molar refractivity (Wildman–Crippen MR) is 139 cm³/mol. The number of rotatable bonds is 8. The first-order chi connectivity index (χ1) is 16.2. The minimum Gasteiger partial charge on any atom is -0.491 e. The van der Waals surface area contributed by atoms with Crippen LogP contribution in [0.3, 0.4) is 0 Å². The molecular weight excluding hydrogens is 543 g/mol. The van der Waals surface area contributed by atoms with Crippen molar-refractivity contribution < 1.29 is 9.53 Å². The summed E-state index contributed by atoms with van der Waals surface area (Å²) in [4.78, 5) is 22.9. The van der Waals surface area contributed by atoms with Crippen LogP contribution in [-0.2, 0) is 0 Å². The van der Waals surface area contributed by atoms with E-state index in [1.807, 2.05) is 47.8 Å². The number of hydrogen-bond donors (Lipinski definition) is 2. The quantitative estimate of drug-likeness (QED) is 0.303. The van der Waals surface area contributed by atoms with Gasteiger partial charge in [0.2, 0.25) is 5.95 Å². The number of halogens is 3. The Morgan fingerprint density at radius 3 is 2.47 bits per heavy atom. The number of amides is 1. The zero-order chi connectivity index (χ0) is 24.4. The fourth-order valence-electron chi connectivity index (χ4n) is 3.33. The molecule has 0 atom stereocenters. The van der Waals surface area contributed by atoms with Gasteiger partial charge < -0.3 is 20.7 Å². The minimum atomic E-state index is -0.602. The van der Waals surface area contributed by atoms with Crippen LogP contribution in [0.2, 0.25) is 10.0 Å². The van der Waals surface area contributed by atoms with Gasteiger partial charge in [0.05, 0.1) is 32.3 Å². The molecule has 0 aliphatic heterocycles. The monoisotopic (exact) mass is 562 g/mol. The van der Waals surface area contributed by atoms with Gasteiger partial charge in [0, 0.05) is 35.2 Å². The SMILES string of the molecule is CN(C)CCOc1cc2c(cc1C(N)=O)nc(Nc1c(Cl)cncc1Cl)n2-c1ccc(Br)cc1. The van der Waals surface area contributed by atoms with Crippen molar-refractivity contribution in [3.8, 4) is 11.4 Å². The molecule has 4 aromatic rings. The number of hydrogen-bond acceptors (Lipinski definition) is 6. The van der Waals surface area contributed by atoms with Gasteiger partial charge in [-0.15, -0.1) is 0 Å². The van der Waals surface area contributed by atoms with Crippen molar-refractivity contribution in [1.29, 1.82) is 0 Å². The summed E-state index contributed by atoms with van der Waals surface area (Å²) in [6.07, 6.45) is 2.98. The van der Waals surface area contributed by atoms with E-state index in [0.29, 0.717) is 51.6 Å². The normalized spacial score (nSPS) is 11.2. The Labute approximate surface area is 214 Å². The predicted octanol–water partition coefficient (Wildman–Crippen LogP) is 5.27. The highest BCUT2D eigenvalue weighted by atomic mass is 79.9. The van der Waals surface area contributed by atoms with Crippen molar-refractivity contribution in [2.45, 2.75) is 0 Å². The summed E-state index contributed by atoms with van der Waals surface area (Å²) >= 11 is 16.1. The molecule has 3 N–H and O–H groups in total. The van der Waals surface area contributed by atoms with E-state index in [9.17, 15) is 4.79 Å². The maximum Gasteiger partial charge on any atom is 0.252 e. The van der Waals surface area contributed by atoms with Gasteiger partial charge in [0.1, 0.15) is 12.4 Å². The average molecular weight is 564 g/mol. The van der Waals surface area contributed by atoms with Crippen molar-refractivity contribution in [1.82, 2.24) is 19.4 Å². The molecule has 0 radical (unpaired) electrons. The third-order valence-electron chi connectivity index (χ3n) is 4.99.